The normalized spacial score (nSPS) is 13.8. The molecule has 1 atom stereocenters. The SMILES string of the molecule is CC(O)(CNC(=O)c1ccc(Cl)cc1Cl)C(=O)O. The molecule has 0 spiro atoms. The van der Waals surface area contributed by atoms with Crippen LogP contribution in [-0.4, -0.2) is 34.2 Å². The summed E-state index contributed by atoms with van der Waals surface area (Å²) < 4.78 is 0. The van der Waals surface area contributed by atoms with Gasteiger partial charge in [0, 0.05) is 5.02 Å². The molecule has 0 bridgehead atoms. The smallest absolute Gasteiger partial charge is 0.337 e. The zero-order valence-corrected chi connectivity index (χ0v) is 10.9. The summed E-state index contributed by atoms with van der Waals surface area (Å²) in [5, 5.41) is 20.9. The van der Waals surface area contributed by atoms with Crippen molar-refractivity contribution in [2.24, 2.45) is 0 Å². The Morgan fingerprint density at radius 2 is 2.00 bits per heavy atom. The molecule has 1 amide bonds. The van der Waals surface area contributed by atoms with Crippen LogP contribution in [0, 0.1) is 0 Å². The minimum Gasteiger partial charge on any atom is -0.479 e. The average Bonchev–Trinajstić information content (AvgIpc) is 2.25. The molecule has 0 aromatic heterocycles. The van der Waals surface area contributed by atoms with E-state index in [0.29, 0.717) is 5.02 Å². The molecule has 18 heavy (non-hydrogen) atoms. The van der Waals surface area contributed by atoms with Crippen LogP contribution in [0.25, 0.3) is 0 Å². The van der Waals surface area contributed by atoms with Gasteiger partial charge >= 0.3 is 5.97 Å². The molecule has 0 aliphatic heterocycles. The van der Waals surface area contributed by atoms with Crippen molar-refractivity contribution >= 4 is 35.1 Å². The molecule has 3 N–H and O–H groups in total. The Labute approximate surface area is 113 Å². The largest absolute Gasteiger partial charge is 0.479 e. The molecule has 1 aromatic rings. The lowest BCUT2D eigenvalue weighted by Crippen LogP contribution is -2.46. The van der Waals surface area contributed by atoms with Crippen LogP contribution >= 0.6 is 23.2 Å². The number of hydrogen-bond acceptors (Lipinski definition) is 3. The number of carbonyl (C=O) groups is 2. The van der Waals surface area contributed by atoms with E-state index in [0.717, 1.165) is 6.92 Å². The van der Waals surface area contributed by atoms with Gasteiger partial charge < -0.3 is 15.5 Å². The maximum atomic E-state index is 11.7. The molecule has 0 aliphatic carbocycles. The van der Waals surface area contributed by atoms with Crippen molar-refractivity contribution in [3.05, 3.63) is 33.8 Å². The Morgan fingerprint density at radius 3 is 2.50 bits per heavy atom. The molecule has 1 aromatic carbocycles. The first-order valence-corrected chi connectivity index (χ1v) is 5.68. The second-order valence-corrected chi connectivity index (χ2v) is 4.73. The van der Waals surface area contributed by atoms with Crippen molar-refractivity contribution in [2.75, 3.05) is 6.54 Å². The molecule has 0 saturated heterocycles. The number of hydrogen-bond donors (Lipinski definition) is 3. The summed E-state index contributed by atoms with van der Waals surface area (Å²) in [6.45, 7) is 0.652. The van der Waals surface area contributed by atoms with Crippen molar-refractivity contribution < 1.29 is 19.8 Å². The third-order valence-electron chi connectivity index (χ3n) is 2.23. The van der Waals surface area contributed by atoms with Crippen LogP contribution in [0.2, 0.25) is 10.0 Å². The number of carbonyl (C=O) groups excluding carboxylic acids is 1. The maximum Gasteiger partial charge on any atom is 0.337 e. The summed E-state index contributed by atoms with van der Waals surface area (Å²) in [5.74, 6) is -2.01. The lowest BCUT2D eigenvalue weighted by atomic mass is 10.1. The maximum absolute atomic E-state index is 11.7. The van der Waals surface area contributed by atoms with Crippen LogP contribution in [0.1, 0.15) is 17.3 Å². The van der Waals surface area contributed by atoms with Gasteiger partial charge in [0.1, 0.15) is 0 Å². The van der Waals surface area contributed by atoms with E-state index in [4.69, 9.17) is 28.3 Å². The summed E-state index contributed by atoms with van der Waals surface area (Å²) in [4.78, 5) is 22.3. The minimum atomic E-state index is -2.03. The van der Waals surface area contributed by atoms with Crippen LogP contribution in [-0.2, 0) is 4.79 Å². The molecule has 1 rings (SSSR count). The Balaban J connectivity index is 2.75. The Bertz CT molecular complexity index is 488. The van der Waals surface area contributed by atoms with Crippen LogP contribution in [0.5, 0.6) is 0 Å². The van der Waals surface area contributed by atoms with Crippen LogP contribution < -0.4 is 5.32 Å². The topological polar surface area (TPSA) is 86.6 Å². The van der Waals surface area contributed by atoms with Crippen LogP contribution in [0.4, 0.5) is 0 Å². The predicted molar refractivity (Wildman–Crippen MR) is 67.1 cm³/mol. The van der Waals surface area contributed by atoms with Gasteiger partial charge in [0.15, 0.2) is 5.60 Å². The van der Waals surface area contributed by atoms with E-state index in [9.17, 15) is 14.7 Å². The van der Waals surface area contributed by atoms with Crippen LogP contribution in [0.3, 0.4) is 0 Å². The Hall–Kier alpha value is -1.30. The first-order chi connectivity index (χ1) is 8.24. The predicted octanol–water partition coefficient (Wildman–Crippen LogP) is 1.56. The molecule has 5 nitrogen and oxygen atoms in total. The van der Waals surface area contributed by atoms with E-state index in [1.165, 1.54) is 18.2 Å². The zero-order chi connectivity index (χ0) is 13.9. The van der Waals surface area contributed by atoms with Gasteiger partial charge in [-0.3, -0.25) is 4.79 Å². The third kappa shape index (κ3) is 3.60. The highest BCUT2D eigenvalue weighted by atomic mass is 35.5. The molecular formula is C11H11Cl2NO4. The van der Waals surface area contributed by atoms with Crippen molar-refractivity contribution in [1.82, 2.24) is 5.32 Å². The number of aliphatic carboxylic acids is 1. The molecular weight excluding hydrogens is 281 g/mol. The highest BCUT2D eigenvalue weighted by molar-refractivity contribution is 6.36. The van der Waals surface area contributed by atoms with Crippen LogP contribution in [0.15, 0.2) is 18.2 Å². The van der Waals surface area contributed by atoms with E-state index in [-0.39, 0.29) is 10.6 Å². The second kappa shape index (κ2) is 5.56. The second-order valence-electron chi connectivity index (χ2n) is 3.89. The van der Waals surface area contributed by atoms with E-state index in [1.807, 2.05) is 0 Å². The molecule has 7 heteroatoms. The van der Waals surface area contributed by atoms with Gasteiger partial charge in [-0.05, 0) is 25.1 Å². The van der Waals surface area contributed by atoms with E-state index >= 15 is 0 Å². The molecule has 0 aliphatic rings. The van der Waals surface area contributed by atoms with E-state index in [1.54, 1.807) is 0 Å². The van der Waals surface area contributed by atoms with Gasteiger partial charge in [-0.25, -0.2) is 4.79 Å². The number of halogens is 2. The number of nitrogens with one attached hydrogen (secondary N) is 1. The van der Waals surface area contributed by atoms with Crippen molar-refractivity contribution in [3.8, 4) is 0 Å². The summed E-state index contributed by atoms with van der Waals surface area (Å²) in [6, 6.07) is 4.29. The monoisotopic (exact) mass is 291 g/mol. The molecule has 0 saturated carbocycles. The van der Waals surface area contributed by atoms with Gasteiger partial charge in [0.05, 0.1) is 17.1 Å². The fourth-order valence-corrected chi connectivity index (χ4v) is 1.59. The van der Waals surface area contributed by atoms with Crippen molar-refractivity contribution in [3.63, 3.8) is 0 Å². The standard InChI is InChI=1S/C11H11Cl2NO4/c1-11(18,10(16)17)5-14-9(15)7-3-2-6(12)4-8(7)13/h2-4,18H,5H2,1H3,(H,14,15)(H,16,17). The van der Waals surface area contributed by atoms with Gasteiger partial charge in [-0.15, -0.1) is 0 Å². The van der Waals surface area contributed by atoms with Crippen molar-refractivity contribution in [2.45, 2.75) is 12.5 Å². The highest BCUT2D eigenvalue weighted by Crippen LogP contribution is 2.20. The summed E-state index contributed by atoms with van der Waals surface area (Å²) in [7, 11) is 0. The fraction of sp³-hybridized carbons (Fsp3) is 0.273. The third-order valence-corrected chi connectivity index (χ3v) is 2.78. The molecule has 0 heterocycles. The lowest BCUT2D eigenvalue weighted by Gasteiger charge is -2.18. The summed E-state index contributed by atoms with van der Waals surface area (Å²) in [6.07, 6.45) is 0. The Kier molecular flexibility index (Phi) is 4.56. The average molecular weight is 292 g/mol. The number of carboxylic acids is 1. The lowest BCUT2D eigenvalue weighted by molar-refractivity contribution is -0.155. The number of benzene rings is 1. The first-order valence-electron chi connectivity index (χ1n) is 4.93. The number of aliphatic hydroxyl groups is 1. The molecule has 0 radical (unpaired) electrons. The van der Waals surface area contributed by atoms with Crippen molar-refractivity contribution in [1.29, 1.82) is 0 Å². The quantitative estimate of drug-likeness (QED) is 0.786. The van der Waals surface area contributed by atoms with Gasteiger partial charge in [-0.2, -0.15) is 0 Å². The number of rotatable bonds is 4. The van der Waals surface area contributed by atoms with Gasteiger partial charge in [0.25, 0.3) is 5.91 Å². The minimum absolute atomic E-state index is 0.148. The summed E-state index contributed by atoms with van der Waals surface area (Å²) in [5.41, 5.74) is -1.88. The Morgan fingerprint density at radius 1 is 1.39 bits per heavy atom. The molecule has 1 unspecified atom stereocenters. The fourth-order valence-electron chi connectivity index (χ4n) is 1.10. The summed E-state index contributed by atoms with van der Waals surface area (Å²) >= 11 is 11.5. The highest BCUT2D eigenvalue weighted by Gasteiger charge is 2.30. The first kappa shape index (κ1) is 14.8. The zero-order valence-electron chi connectivity index (χ0n) is 9.41. The van der Waals surface area contributed by atoms with Gasteiger partial charge in [0.2, 0.25) is 0 Å². The molecule has 0 fully saturated rings. The number of carboxylic acid groups (broad SMARTS) is 1. The van der Waals surface area contributed by atoms with Gasteiger partial charge in [-0.1, -0.05) is 23.2 Å². The van der Waals surface area contributed by atoms with E-state index < -0.39 is 24.0 Å². The number of amides is 1. The molecule has 98 valence electrons. The van der Waals surface area contributed by atoms with E-state index in [2.05, 4.69) is 5.32 Å².